The number of nitrogens with zero attached hydrogens (tertiary/aromatic N) is 1. The minimum atomic E-state index is -4.39. The van der Waals surface area contributed by atoms with E-state index in [9.17, 15) is 18.0 Å². The SMILES string of the molecule is O=C(OCc1coc(-c2ccccc2Cl)n1)[C@@H]1CCCC[C@@H]1C(F)(F)F. The number of halogens is 4. The molecular formula is C18H17ClF3NO3. The third-order valence-electron chi connectivity index (χ3n) is 4.51. The summed E-state index contributed by atoms with van der Waals surface area (Å²) in [6, 6.07) is 6.94. The van der Waals surface area contributed by atoms with E-state index in [4.69, 9.17) is 20.8 Å². The average molecular weight is 388 g/mol. The number of carbonyl (C=O) groups excluding carboxylic acids is 1. The van der Waals surface area contributed by atoms with Gasteiger partial charge in [-0.1, -0.05) is 36.6 Å². The van der Waals surface area contributed by atoms with Gasteiger partial charge in [0.25, 0.3) is 0 Å². The van der Waals surface area contributed by atoms with Crippen molar-refractivity contribution >= 4 is 17.6 Å². The number of alkyl halides is 3. The maximum Gasteiger partial charge on any atom is 0.392 e. The molecule has 4 nitrogen and oxygen atoms in total. The zero-order valence-corrected chi connectivity index (χ0v) is 14.5. The van der Waals surface area contributed by atoms with Crippen LogP contribution in [-0.2, 0) is 16.1 Å². The molecule has 2 aromatic rings. The van der Waals surface area contributed by atoms with Crippen LogP contribution in [0.15, 0.2) is 34.9 Å². The molecule has 0 amide bonds. The standard InChI is InChI=1S/C18H17ClF3NO3/c19-15-8-4-2-6-13(15)16-23-11(9-25-16)10-26-17(24)12-5-1-3-7-14(12)18(20,21)22/h2,4,6,8-9,12,14H,1,3,5,7,10H2/t12-,14+/m1/s1. The van der Waals surface area contributed by atoms with E-state index in [0.29, 0.717) is 29.1 Å². The lowest BCUT2D eigenvalue weighted by Crippen LogP contribution is -2.38. The summed E-state index contributed by atoms with van der Waals surface area (Å²) in [5.41, 5.74) is 0.892. The van der Waals surface area contributed by atoms with Crippen LogP contribution in [0.4, 0.5) is 13.2 Å². The fraction of sp³-hybridized carbons (Fsp3) is 0.444. The smallest absolute Gasteiger partial charge is 0.392 e. The highest BCUT2D eigenvalue weighted by Crippen LogP contribution is 2.42. The lowest BCUT2D eigenvalue weighted by Gasteiger charge is -2.31. The van der Waals surface area contributed by atoms with Crippen molar-refractivity contribution in [3.8, 4) is 11.5 Å². The number of aromatic nitrogens is 1. The van der Waals surface area contributed by atoms with Crippen molar-refractivity contribution in [2.75, 3.05) is 0 Å². The van der Waals surface area contributed by atoms with Gasteiger partial charge in [-0.25, -0.2) is 4.98 Å². The molecule has 8 heteroatoms. The van der Waals surface area contributed by atoms with Crippen LogP contribution in [0.1, 0.15) is 31.4 Å². The molecule has 0 spiro atoms. The largest absolute Gasteiger partial charge is 0.459 e. The van der Waals surface area contributed by atoms with Crippen molar-refractivity contribution in [2.45, 2.75) is 38.5 Å². The summed E-state index contributed by atoms with van der Waals surface area (Å²) in [6.07, 6.45) is -1.88. The molecule has 0 unspecified atom stereocenters. The van der Waals surface area contributed by atoms with Crippen molar-refractivity contribution in [2.24, 2.45) is 11.8 Å². The highest BCUT2D eigenvalue weighted by atomic mass is 35.5. The van der Waals surface area contributed by atoms with Crippen molar-refractivity contribution < 1.29 is 27.1 Å². The number of hydrogen-bond acceptors (Lipinski definition) is 4. The molecule has 1 aliphatic rings. The van der Waals surface area contributed by atoms with E-state index in [2.05, 4.69) is 4.98 Å². The van der Waals surface area contributed by atoms with Gasteiger partial charge in [0.2, 0.25) is 5.89 Å². The summed E-state index contributed by atoms with van der Waals surface area (Å²) in [5, 5.41) is 0.452. The Kier molecular flexibility index (Phi) is 5.55. The Labute approximate surface area is 153 Å². The Morgan fingerprint density at radius 2 is 2.00 bits per heavy atom. The summed E-state index contributed by atoms with van der Waals surface area (Å²) in [5.74, 6) is -3.37. The van der Waals surface area contributed by atoms with Gasteiger partial charge in [0.05, 0.1) is 22.4 Å². The molecule has 1 fully saturated rings. The molecule has 0 aliphatic heterocycles. The van der Waals surface area contributed by atoms with Crippen LogP contribution in [0, 0.1) is 11.8 Å². The summed E-state index contributed by atoms with van der Waals surface area (Å²) in [7, 11) is 0. The Balaban J connectivity index is 1.64. The second-order valence-corrected chi connectivity index (χ2v) is 6.68. The van der Waals surface area contributed by atoms with Crippen LogP contribution < -0.4 is 0 Å². The summed E-state index contributed by atoms with van der Waals surface area (Å²) in [6.45, 7) is -0.242. The number of esters is 1. The predicted octanol–water partition coefficient (Wildman–Crippen LogP) is 5.41. The molecule has 1 heterocycles. The number of benzene rings is 1. The van der Waals surface area contributed by atoms with Crippen molar-refractivity contribution in [3.05, 3.63) is 41.2 Å². The van der Waals surface area contributed by atoms with Crippen LogP contribution in [0.5, 0.6) is 0 Å². The molecular weight excluding hydrogens is 371 g/mol. The molecule has 140 valence electrons. The third-order valence-corrected chi connectivity index (χ3v) is 4.84. The van der Waals surface area contributed by atoms with Gasteiger partial charge in [0.1, 0.15) is 18.6 Å². The number of carbonyl (C=O) groups is 1. The second-order valence-electron chi connectivity index (χ2n) is 6.27. The fourth-order valence-electron chi connectivity index (χ4n) is 3.19. The number of hydrogen-bond donors (Lipinski definition) is 0. The quantitative estimate of drug-likeness (QED) is 0.658. The van der Waals surface area contributed by atoms with Crippen LogP contribution in [0.2, 0.25) is 5.02 Å². The van der Waals surface area contributed by atoms with Gasteiger partial charge < -0.3 is 9.15 Å². The van der Waals surface area contributed by atoms with Crippen molar-refractivity contribution in [1.29, 1.82) is 0 Å². The van der Waals surface area contributed by atoms with Gasteiger partial charge in [0, 0.05) is 0 Å². The van der Waals surface area contributed by atoms with Gasteiger partial charge in [-0.2, -0.15) is 13.2 Å². The topological polar surface area (TPSA) is 52.3 Å². The van der Waals surface area contributed by atoms with E-state index in [1.807, 2.05) is 0 Å². The van der Waals surface area contributed by atoms with Crippen molar-refractivity contribution in [1.82, 2.24) is 4.98 Å². The van der Waals surface area contributed by atoms with E-state index >= 15 is 0 Å². The minimum absolute atomic E-state index is 0.0378. The molecule has 1 aromatic carbocycles. The van der Waals surface area contributed by atoms with E-state index < -0.39 is 24.0 Å². The first-order valence-corrected chi connectivity index (χ1v) is 8.66. The summed E-state index contributed by atoms with van der Waals surface area (Å²) in [4.78, 5) is 16.3. The molecule has 2 atom stereocenters. The maximum atomic E-state index is 13.1. The van der Waals surface area contributed by atoms with Gasteiger partial charge >= 0.3 is 12.1 Å². The molecule has 1 aromatic heterocycles. The molecule has 3 rings (SSSR count). The van der Waals surface area contributed by atoms with Gasteiger partial charge in [-0.15, -0.1) is 0 Å². The Morgan fingerprint density at radius 1 is 1.27 bits per heavy atom. The molecule has 26 heavy (non-hydrogen) atoms. The lowest BCUT2D eigenvalue weighted by atomic mass is 9.79. The number of oxazole rings is 1. The van der Waals surface area contributed by atoms with E-state index in [-0.39, 0.29) is 25.3 Å². The lowest BCUT2D eigenvalue weighted by molar-refractivity contribution is -0.205. The van der Waals surface area contributed by atoms with E-state index in [1.54, 1.807) is 24.3 Å². The molecule has 0 N–H and O–H groups in total. The van der Waals surface area contributed by atoms with Crippen LogP contribution in [0.3, 0.4) is 0 Å². The zero-order chi connectivity index (χ0) is 18.7. The molecule has 1 saturated carbocycles. The van der Waals surface area contributed by atoms with Crippen LogP contribution in [-0.4, -0.2) is 17.1 Å². The predicted molar refractivity (Wildman–Crippen MR) is 88.2 cm³/mol. The third kappa shape index (κ3) is 4.20. The number of rotatable bonds is 4. The second kappa shape index (κ2) is 7.70. The van der Waals surface area contributed by atoms with Crippen LogP contribution in [0.25, 0.3) is 11.5 Å². The Bertz CT molecular complexity index is 775. The summed E-state index contributed by atoms with van der Waals surface area (Å²) < 4.78 is 49.7. The highest BCUT2D eigenvalue weighted by molar-refractivity contribution is 6.33. The molecule has 0 bridgehead atoms. The van der Waals surface area contributed by atoms with Gasteiger partial charge in [-0.05, 0) is 25.0 Å². The Hall–Kier alpha value is -2.02. The highest BCUT2D eigenvalue weighted by Gasteiger charge is 2.48. The number of ether oxygens (including phenoxy) is 1. The minimum Gasteiger partial charge on any atom is -0.459 e. The molecule has 1 aliphatic carbocycles. The Morgan fingerprint density at radius 3 is 2.73 bits per heavy atom. The average Bonchev–Trinajstić information content (AvgIpc) is 3.08. The van der Waals surface area contributed by atoms with E-state index in [1.165, 1.54) is 6.26 Å². The van der Waals surface area contributed by atoms with Crippen molar-refractivity contribution in [3.63, 3.8) is 0 Å². The summed E-state index contributed by atoms with van der Waals surface area (Å²) >= 11 is 6.06. The molecule has 0 saturated heterocycles. The van der Waals surface area contributed by atoms with E-state index in [0.717, 1.165) is 0 Å². The fourth-order valence-corrected chi connectivity index (χ4v) is 3.41. The normalized spacial score (nSPS) is 20.8. The monoisotopic (exact) mass is 387 g/mol. The molecule has 0 radical (unpaired) electrons. The van der Waals surface area contributed by atoms with Gasteiger partial charge in [-0.3, -0.25) is 4.79 Å². The first-order chi connectivity index (χ1) is 12.4. The maximum absolute atomic E-state index is 13.1. The van der Waals surface area contributed by atoms with Crippen LogP contribution >= 0.6 is 11.6 Å². The first kappa shape index (κ1) is 18.8. The van der Waals surface area contributed by atoms with Gasteiger partial charge in [0.15, 0.2) is 0 Å². The zero-order valence-electron chi connectivity index (χ0n) is 13.8. The first-order valence-electron chi connectivity index (χ1n) is 8.29.